The van der Waals surface area contributed by atoms with E-state index in [1.54, 1.807) is 0 Å². The molecule has 0 amide bonds. The summed E-state index contributed by atoms with van der Waals surface area (Å²) >= 11 is 0. The van der Waals surface area contributed by atoms with Gasteiger partial charge in [0.15, 0.2) is 0 Å². The molecule has 0 aliphatic rings. The van der Waals surface area contributed by atoms with Crippen LogP contribution in [0.15, 0.2) is 24.3 Å². The summed E-state index contributed by atoms with van der Waals surface area (Å²) in [6, 6.07) is 7.76. The maximum Gasteiger partial charge on any atom is 0.0602 e. The van der Waals surface area contributed by atoms with E-state index in [-0.39, 0.29) is 0 Å². The molecule has 11 heavy (non-hydrogen) atoms. The molecule has 2 nitrogen and oxygen atoms in total. The van der Waals surface area contributed by atoms with E-state index in [1.165, 1.54) is 5.56 Å². The summed E-state index contributed by atoms with van der Waals surface area (Å²) in [6.07, 6.45) is 2.26. The van der Waals surface area contributed by atoms with Crippen LogP contribution in [0.1, 0.15) is 18.9 Å². The lowest BCUT2D eigenvalue weighted by Crippen LogP contribution is -1.89. The SMILES string of the molecule is CCCc1ccc(NO)cc1. The lowest BCUT2D eigenvalue weighted by atomic mass is 10.1. The van der Waals surface area contributed by atoms with Crippen molar-refractivity contribution in [2.45, 2.75) is 19.8 Å². The van der Waals surface area contributed by atoms with Crippen molar-refractivity contribution in [1.82, 2.24) is 0 Å². The first-order chi connectivity index (χ1) is 5.36. The third-order valence-electron chi connectivity index (χ3n) is 1.62. The van der Waals surface area contributed by atoms with Crippen molar-refractivity contribution in [2.24, 2.45) is 0 Å². The van der Waals surface area contributed by atoms with Gasteiger partial charge in [-0.1, -0.05) is 25.5 Å². The third kappa shape index (κ3) is 2.24. The molecule has 0 heterocycles. The monoisotopic (exact) mass is 151 g/mol. The van der Waals surface area contributed by atoms with Crippen LogP contribution in [0.25, 0.3) is 0 Å². The smallest absolute Gasteiger partial charge is 0.0602 e. The van der Waals surface area contributed by atoms with Gasteiger partial charge in [0.05, 0.1) is 5.69 Å². The highest BCUT2D eigenvalue weighted by molar-refractivity contribution is 5.42. The van der Waals surface area contributed by atoms with Crippen LogP contribution in [0.5, 0.6) is 0 Å². The zero-order valence-electron chi connectivity index (χ0n) is 6.67. The highest BCUT2D eigenvalue weighted by Crippen LogP contribution is 2.09. The molecule has 60 valence electrons. The number of hydrogen-bond acceptors (Lipinski definition) is 2. The summed E-state index contributed by atoms with van der Waals surface area (Å²) in [5.41, 5.74) is 4.15. The Kier molecular flexibility index (Phi) is 2.93. The molecule has 0 atom stereocenters. The Hall–Kier alpha value is -1.02. The van der Waals surface area contributed by atoms with Crippen LogP contribution in [0.4, 0.5) is 5.69 Å². The first-order valence-corrected chi connectivity index (χ1v) is 3.86. The van der Waals surface area contributed by atoms with Crippen LogP contribution >= 0.6 is 0 Å². The molecule has 2 N–H and O–H groups in total. The Balaban J connectivity index is 2.66. The van der Waals surface area contributed by atoms with E-state index in [0.717, 1.165) is 18.5 Å². The standard InChI is InChI=1S/C9H13NO/c1-2-3-8-4-6-9(10-11)7-5-8/h4-7,10-11H,2-3H2,1H3. The number of nitrogens with one attached hydrogen (secondary N) is 1. The quantitative estimate of drug-likeness (QED) is 0.650. The predicted octanol–water partition coefficient (Wildman–Crippen LogP) is 2.44. The van der Waals surface area contributed by atoms with Crippen LogP contribution in [0.2, 0.25) is 0 Å². The van der Waals surface area contributed by atoms with Gasteiger partial charge in [-0.15, -0.1) is 0 Å². The molecule has 0 aliphatic heterocycles. The molecule has 0 aliphatic carbocycles. The van der Waals surface area contributed by atoms with E-state index in [2.05, 4.69) is 12.4 Å². The Morgan fingerprint density at radius 2 is 1.91 bits per heavy atom. The van der Waals surface area contributed by atoms with Crippen molar-refractivity contribution >= 4 is 5.69 Å². The number of aryl methyl sites for hydroxylation is 1. The summed E-state index contributed by atoms with van der Waals surface area (Å²) in [5, 5.41) is 8.51. The molecule has 1 rings (SSSR count). The molecule has 0 saturated heterocycles. The number of benzene rings is 1. The lowest BCUT2D eigenvalue weighted by molar-refractivity contribution is 0.389. The maximum atomic E-state index is 8.51. The molecule has 0 fully saturated rings. The van der Waals surface area contributed by atoms with Gasteiger partial charge in [0.25, 0.3) is 0 Å². The van der Waals surface area contributed by atoms with E-state index in [9.17, 15) is 0 Å². The van der Waals surface area contributed by atoms with Crippen LogP contribution in [0, 0.1) is 0 Å². The summed E-state index contributed by atoms with van der Waals surface area (Å²) < 4.78 is 0. The second-order valence-electron chi connectivity index (χ2n) is 2.56. The van der Waals surface area contributed by atoms with Gasteiger partial charge in [0.2, 0.25) is 0 Å². The molecule has 0 spiro atoms. The fraction of sp³-hybridized carbons (Fsp3) is 0.333. The minimum Gasteiger partial charge on any atom is -0.291 e. The van der Waals surface area contributed by atoms with E-state index < -0.39 is 0 Å². The van der Waals surface area contributed by atoms with E-state index in [1.807, 2.05) is 24.3 Å². The summed E-state index contributed by atoms with van der Waals surface area (Å²) in [4.78, 5) is 0. The van der Waals surface area contributed by atoms with Crippen LogP contribution < -0.4 is 5.48 Å². The van der Waals surface area contributed by atoms with Gasteiger partial charge in [0, 0.05) is 0 Å². The zero-order valence-corrected chi connectivity index (χ0v) is 6.67. The molecule has 0 aromatic heterocycles. The van der Waals surface area contributed by atoms with E-state index in [4.69, 9.17) is 5.21 Å². The lowest BCUT2D eigenvalue weighted by Gasteiger charge is -2.00. The topological polar surface area (TPSA) is 32.3 Å². The fourth-order valence-electron chi connectivity index (χ4n) is 1.03. The predicted molar refractivity (Wildman–Crippen MR) is 45.8 cm³/mol. The normalized spacial score (nSPS) is 9.64. The molecule has 0 radical (unpaired) electrons. The summed E-state index contributed by atoms with van der Waals surface area (Å²) in [7, 11) is 0. The van der Waals surface area contributed by atoms with Crippen LogP contribution in [-0.2, 0) is 6.42 Å². The number of hydrogen-bond donors (Lipinski definition) is 2. The third-order valence-corrected chi connectivity index (χ3v) is 1.62. The fourth-order valence-corrected chi connectivity index (χ4v) is 1.03. The van der Waals surface area contributed by atoms with Crippen molar-refractivity contribution in [3.8, 4) is 0 Å². The summed E-state index contributed by atoms with van der Waals surface area (Å²) in [6.45, 7) is 2.15. The molecule has 0 bridgehead atoms. The highest BCUT2D eigenvalue weighted by Gasteiger charge is 1.90. The molecule has 0 unspecified atom stereocenters. The van der Waals surface area contributed by atoms with Crippen molar-refractivity contribution in [3.05, 3.63) is 29.8 Å². The van der Waals surface area contributed by atoms with Crippen molar-refractivity contribution in [1.29, 1.82) is 0 Å². The van der Waals surface area contributed by atoms with Gasteiger partial charge in [0.1, 0.15) is 0 Å². The Morgan fingerprint density at radius 1 is 1.27 bits per heavy atom. The largest absolute Gasteiger partial charge is 0.291 e. The van der Waals surface area contributed by atoms with E-state index in [0.29, 0.717) is 0 Å². The Bertz CT molecular complexity index is 205. The molecular formula is C9H13NO. The highest BCUT2D eigenvalue weighted by atomic mass is 16.5. The van der Waals surface area contributed by atoms with Crippen LogP contribution in [0.3, 0.4) is 0 Å². The van der Waals surface area contributed by atoms with Gasteiger partial charge >= 0.3 is 0 Å². The average molecular weight is 151 g/mol. The van der Waals surface area contributed by atoms with Crippen molar-refractivity contribution < 1.29 is 5.21 Å². The number of rotatable bonds is 3. The molecule has 1 aromatic rings. The first-order valence-electron chi connectivity index (χ1n) is 3.86. The molecule has 1 aromatic carbocycles. The second kappa shape index (κ2) is 3.98. The maximum absolute atomic E-state index is 8.51. The molecule has 2 heteroatoms. The zero-order chi connectivity index (χ0) is 8.10. The van der Waals surface area contributed by atoms with Crippen LogP contribution in [-0.4, -0.2) is 5.21 Å². The minimum absolute atomic E-state index is 0.741. The Labute approximate surface area is 66.8 Å². The van der Waals surface area contributed by atoms with Gasteiger partial charge in [-0.25, -0.2) is 0 Å². The first kappa shape index (κ1) is 8.08. The summed E-state index contributed by atoms with van der Waals surface area (Å²) in [5.74, 6) is 0. The van der Waals surface area contributed by atoms with E-state index >= 15 is 0 Å². The number of anilines is 1. The van der Waals surface area contributed by atoms with Crippen molar-refractivity contribution in [2.75, 3.05) is 5.48 Å². The molecule has 0 saturated carbocycles. The molecular weight excluding hydrogens is 138 g/mol. The van der Waals surface area contributed by atoms with Gasteiger partial charge in [-0.2, -0.15) is 0 Å². The van der Waals surface area contributed by atoms with Gasteiger partial charge < -0.3 is 0 Å². The van der Waals surface area contributed by atoms with Crippen molar-refractivity contribution in [3.63, 3.8) is 0 Å². The van der Waals surface area contributed by atoms with Gasteiger partial charge in [-0.3, -0.25) is 10.7 Å². The second-order valence-corrected chi connectivity index (χ2v) is 2.56. The van der Waals surface area contributed by atoms with Gasteiger partial charge in [-0.05, 0) is 24.1 Å². The minimum atomic E-state index is 0.741. The average Bonchev–Trinajstić information content (AvgIpc) is 2.07. The Morgan fingerprint density at radius 3 is 2.36 bits per heavy atom.